The molecule has 6 heteroatoms. The molecular weight excluding hydrogens is 336 g/mol. The van der Waals surface area contributed by atoms with Crippen molar-refractivity contribution in [1.29, 1.82) is 0 Å². The number of guanidine groups is 1. The van der Waals surface area contributed by atoms with E-state index in [1.54, 1.807) is 0 Å². The van der Waals surface area contributed by atoms with E-state index < -0.39 is 0 Å². The van der Waals surface area contributed by atoms with Gasteiger partial charge in [-0.05, 0) is 63.8 Å². The fourth-order valence-corrected chi connectivity index (χ4v) is 3.03. The second-order valence-corrected chi connectivity index (χ2v) is 6.73. The van der Waals surface area contributed by atoms with Crippen molar-refractivity contribution in [2.75, 3.05) is 37.6 Å². The molecule has 6 nitrogen and oxygen atoms in total. The van der Waals surface area contributed by atoms with Crippen molar-refractivity contribution in [3.8, 4) is 0 Å². The summed E-state index contributed by atoms with van der Waals surface area (Å²) < 4.78 is 0. The molecule has 0 amide bonds. The van der Waals surface area contributed by atoms with Gasteiger partial charge in [-0.1, -0.05) is 12.1 Å². The monoisotopic (exact) mass is 370 g/mol. The van der Waals surface area contributed by atoms with E-state index in [2.05, 4.69) is 77.7 Å². The second kappa shape index (κ2) is 11.3. The fourth-order valence-electron chi connectivity index (χ4n) is 3.03. The molecule has 3 N–H and O–H groups in total. The molecular formula is C21H34N6. The molecule has 1 heterocycles. The minimum absolute atomic E-state index is 0.801. The van der Waals surface area contributed by atoms with Gasteiger partial charge in [0.2, 0.25) is 0 Å². The minimum atomic E-state index is 0.801. The first-order valence-corrected chi connectivity index (χ1v) is 9.96. The zero-order chi connectivity index (χ0) is 19.5. The van der Waals surface area contributed by atoms with Crippen LogP contribution in [0.4, 0.5) is 5.69 Å². The largest absolute Gasteiger partial charge is 0.370 e. The van der Waals surface area contributed by atoms with Crippen LogP contribution in [0.5, 0.6) is 0 Å². The Balaban J connectivity index is 1.79. The van der Waals surface area contributed by atoms with E-state index >= 15 is 0 Å². The molecule has 1 aromatic heterocycles. The smallest absolute Gasteiger partial charge is 0.191 e. The molecule has 0 aliphatic heterocycles. The standard InChI is InChI=1S/C21H34N6/c1-5-22-21(23-12-8-10-19-16-25-26-18(19)4)24-13-14-27(6-2)20-11-7-9-17(3)15-20/h7,9,11,15-16H,5-6,8,10,12-14H2,1-4H3,(H,25,26)(H2,22,23,24). The summed E-state index contributed by atoms with van der Waals surface area (Å²) in [6.45, 7) is 12.9. The van der Waals surface area contributed by atoms with Gasteiger partial charge in [-0.3, -0.25) is 10.1 Å². The summed E-state index contributed by atoms with van der Waals surface area (Å²) in [4.78, 5) is 7.08. The van der Waals surface area contributed by atoms with Crippen molar-refractivity contribution in [2.45, 2.75) is 40.5 Å². The number of benzene rings is 1. The number of anilines is 1. The average molecular weight is 371 g/mol. The first-order valence-electron chi connectivity index (χ1n) is 9.96. The molecule has 1 aromatic carbocycles. The summed E-state index contributed by atoms with van der Waals surface area (Å²) in [6.07, 6.45) is 3.93. The van der Waals surface area contributed by atoms with E-state index in [1.165, 1.54) is 16.8 Å². The van der Waals surface area contributed by atoms with Gasteiger partial charge in [0.05, 0.1) is 6.20 Å². The molecule has 0 saturated heterocycles. The number of H-pyrrole nitrogens is 1. The van der Waals surface area contributed by atoms with Crippen molar-refractivity contribution in [3.05, 3.63) is 47.3 Å². The van der Waals surface area contributed by atoms with Crippen LogP contribution in [-0.4, -0.2) is 48.9 Å². The number of aromatic nitrogens is 2. The molecule has 0 saturated carbocycles. The van der Waals surface area contributed by atoms with Crippen LogP contribution < -0.4 is 15.5 Å². The number of likely N-dealkylation sites (N-methyl/N-ethyl adjacent to an activating group) is 1. The molecule has 0 aliphatic rings. The maximum absolute atomic E-state index is 4.70. The van der Waals surface area contributed by atoms with Crippen molar-refractivity contribution >= 4 is 11.6 Å². The molecule has 27 heavy (non-hydrogen) atoms. The van der Waals surface area contributed by atoms with Crippen LogP contribution in [0.15, 0.2) is 35.5 Å². The Hall–Kier alpha value is -2.50. The lowest BCUT2D eigenvalue weighted by molar-refractivity contribution is 0.744. The third kappa shape index (κ3) is 6.96. The molecule has 0 bridgehead atoms. The predicted molar refractivity (Wildman–Crippen MR) is 115 cm³/mol. The van der Waals surface area contributed by atoms with Gasteiger partial charge in [0.25, 0.3) is 0 Å². The Morgan fingerprint density at radius 1 is 1.22 bits per heavy atom. The first kappa shape index (κ1) is 20.8. The third-order valence-electron chi connectivity index (χ3n) is 4.58. The Morgan fingerprint density at radius 3 is 2.74 bits per heavy atom. The van der Waals surface area contributed by atoms with E-state index in [0.29, 0.717) is 0 Å². The topological polar surface area (TPSA) is 68.3 Å². The van der Waals surface area contributed by atoms with Crippen molar-refractivity contribution in [2.24, 2.45) is 4.99 Å². The molecule has 2 aromatic rings. The van der Waals surface area contributed by atoms with Crippen LogP contribution in [0.25, 0.3) is 0 Å². The van der Waals surface area contributed by atoms with Gasteiger partial charge in [0, 0.05) is 44.1 Å². The summed E-state index contributed by atoms with van der Waals surface area (Å²) >= 11 is 0. The van der Waals surface area contributed by atoms with Crippen LogP contribution in [-0.2, 0) is 6.42 Å². The number of hydrogen-bond donors (Lipinski definition) is 3. The molecule has 0 radical (unpaired) electrons. The Bertz CT molecular complexity index is 706. The molecule has 148 valence electrons. The second-order valence-electron chi connectivity index (χ2n) is 6.73. The maximum atomic E-state index is 4.70. The van der Waals surface area contributed by atoms with Gasteiger partial charge in [-0.2, -0.15) is 5.10 Å². The number of rotatable bonds is 10. The number of aliphatic imine (C=N–C) groups is 1. The van der Waals surface area contributed by atoms with Gasteiger partial charge >= 0.3 is 0 Å². The third-order valence-corrected chi connectivity index (χ3v) is 4.58. The van der Waals surface area contributed by atoms with E-state index in [1.807, 2.05) is 6.20 Å². The summed E-state index contributed by atoms with van der Waals surface area (Å²) in [7, 11) is 0. The lowest BCUT2D eigenvalue weighted by Crippen LogP contribution is -2.41. The van der Waals surface area contributed by atoms with Crippen LogP contribution in [0.2, 0.25) is 0 Å². The zero-order valence-corrected chi connectivity index (χ0v) is 17.2. The summed E-state index contributed by atoms with van der Waals surface area (Å²) in [5, 5.41) is 13.8. The fraction of sp³-hybridized carbons (Fsp3) is 0.524. The lowest BCUT2D eigenvalue weighted by Gasteiger charge is -2.24. The molecule has 0 spiro atoms. The van der Waals surface area contributed by atoms with Crippen LogP contribution in [0.1, 0.15) is 37.1 Å². The van der Waals surface area contributed by atoms with Gasteiger partial charge in [-0.15, -0.1) is 0 Å². The highest BCUT2D eigenvalue weighted by atomic mass is 15.2. The molecule has 2 rings (SSSR count). The SMILES string of the molecule is CCNC(=NCCCc1cn[nH]c1C)NCCN(CC)c1cccc(C)c1. The Morgan fingerprint density at radius 2 is 2.07 bits per heavy atom. The van der Waals surface area contributed by atoms with Gasteiger partial charge in [0.1, 0.15) is 0 Å². The summed E-state index contributed by atoms with van der Waals surface area (Å²) in [5.41, 5.74) is 5.00. The highest BCUT2D eigenvalue weighted by molar-refractivity contribution is 5.79. The lowest BCUT2D eigenvalue weighted by atomic mass is 10.1. The molecule has 0 fully saturated rings. The molecule has 0 unspecified atom stereocenters. The predicted octanol–water partition coefficient (Wildman–Crippen LogP) is 3.04. The van der Waals surface area contributed by atoms with E-state index in [4.69, 9.17) is 4.99 Å². The van der Waals surface area contributed by atoms with E-state index in [-0.39, 0.29) is 0 Å². The average Bonchev–Trinajstić information content (AvgIpc) is 3.07. The molecule has 0 atom stereocenters. The molecule has 0 aliphatic carbocycles. The van der Waals surface area contributed by atoms with Crippen LogP contribution >= 0.6 is 0 Å². The quantitative estimate of drug-likeness (QED) is 0.342. The van der Waals surface area contributed by atoms with Crippen LogP contribution in [0, 0.1) is 13.8 Å². The first-order chi connectivity index (χ1) is 13.1. The number of nitrogens with one attached hydrogen (secondary N) is 3. The number of aryl methyl sites for hydroxylation is 3. The Kier molecular flexibility index (Phi) is 8.68. The van der Waals surface area contributed by atoms with Gasteiger partial charge in [0.15, 0.2) is 5.96 Å². The number of nitrogens with zero attached hydrogens (tertiary/aromatic N) is 3. The van der Waals surface area contributed by atoms with Crippen molar-refractivity contribution in [1.82, 2.24) is 20.8 Å². The zero-order valence-electron chi connectivity index (χ0n) is 17.2. The normalized spacial score (nSPS) is 11.5. The number of hydrogen-bond acceptors (Lipinski definition) is 3. The number of aromatic amines is 1. The summed E-state index contributed by atoms with van der Waals surface area (Å²) in [5.74, 6) is 0.890. The maximum Gasteiger partial charge on any atom is 0.191 e. The van der Waals surface area contributed by atoms with Crippen molar-refractivity contribution < 1.29 is 0 Å². The van der Waals surface area contributed by atoms with Gasteiger partial charge < -0.3 is 15.5 Å². The summed E-state index contributed by atoms with van der Waals surface area (Å²) in [6, 6.07) is 8.67. The van der Waals surface area contributed by atoms with E-state index in [9.17, 15) is 0 Å². The minimum Gasteiger partial charge on any atom is -0.370 e. The Labute approximate surface area is 163 Å². The van der Waals surface area contributed by atoms with E-state index in [0.717, 1.165) is 57.2 Å². The highest BCUT2D eigenvalue weighted by Crippen LogP contribution is 2.14. The highest BCUT2D eigenvalue weighted by Gasteiger charge is 2.05. The van der Waals surface area contributed by atoms with Crippen molar-refractivity contribution in [3.63, 3.8) is 0 Å². The van der Waals surface area contributed by atoms with Gasteiger partial charge in [-0.25, -0.2) is 0 Å². The van der Waals surface area contributed by atoms with Crippen LogP contribution in [0.3, 0.4) is 0 Å².